The Labute approximate surface area is 135 Å². The molecule has 0 radical (unpaired) electrons. The fourth-order valence-electron chi connectivity index (χ4n) is 3.04. The quantitative estimate of drug-likeness (QED) is 0.682. The van der Waals surface area contributed by atoms with E-state index in [1.54, 1.807) is 4.90 Å². The van der Waals surface area contributed by atoms with Gasteiger partial charge < -0.3 is 15.5 Å². The Morgan fingerprint density at radius 3 is 2.50 bits per heavy atom. The van der Waals surface area contributed by atoms with Crippen molar-refractivity contribution in [1.29, 1.82) is 0 Å². The first kappa shape index (κ1) is 18.9. The summed E-state index contributed by atoms with van der Waals surface area (Å²) in [5.41, 5.74) is 0. The molecule has 1 fully saturated rings. The first-order chi connectivity index (χ1) is 10.6. The average molecular weight is 311 g/mol. The monoisotopic (exact) mass is 311 g/mol. The van der Waals surface area contributed by atoms with E-state index in [4.69, 9.17) is 0 Å². The second-order valence-electron chi connectivity index (χ2n) is 6.43. The molecule has 1 aliphatic rings. The van der Waals surface area contributed by atoms with Gasteiger partial charge >= 0.3 is 0 Å². The van der Waals surface area contributed by atoms with Crippen LogP contribution >= 0.6 is 0 Å². The normalized spacial score (nSPS) is 17.0. The van der Waals surface area contributed by atoms with Crippen molar-refractivity contribution in [1.82, 2.24) is 15.5 Å². The molecule has 1 unspecified atom stereocenters. The summed E-state index contributed by atoms with van der Waals surface area (Å²) < 4.78 is 0. The van der Waals surface area contributed by atoms with Gasteiger partial charge in [0.1, 0.15) is 0 Å². The van der Waals surface area contributed by atoms with Crippen molar-refractivity contribution < 1.29 is 9.59 Å². The lowest BCUT2D eigenvalue weighted by molar-refractivity contribution is -0.137. The maximum atomic E-state index is 12.5. The highest BCUT2D eigenvalue weighted by Crippen LogP contribution is 2.24. The van der Waals surface area contributed by atoms with Gasteiger partial charge in [0.2, 0.25) is 11.8 Å². The molecule has 1 atom stereocenters. The number of rotatable bonds is 9. The van der Waals surface area contributed by atoms with E-state index in [0.717, 1.165) is 38.8 Å². The lowest BCUT2D eigenvalue weighted by atomic mass is 9.84. The zero-order chi connectivity index (χ0) is 16.4. The number of carbonyl (C=O) groups excluding carboxylic acids is 2. The lowest BCUT2D eigenvalue weighted by Crippen LogP contribution is -2.42. The van der Waals surface area contributed by atoms with Gasteiger partial charge in [0.15, 0.2) is 0 Å². The minimum atomic E-state index is -0.0434. The molecule has 2 N–H and O–H groups in total. The molecule has 0 saturated carbocycles. The van der Waals surface area contributed by atoms with Crippen LogP contribution in [-0.4, -0.2) is 49.4 Å². The molecule has 0 aliphatic carbocycles. The van der Waals surface area contributed by atoms with E-state index < -0.39 is 0 Å². The van der Waals surface area contributed by atoms with Crippen LogP contribution in [0.3, 0.4) is 0 Å². The van der Waals surface area contributed by atoms with Crippen molar-refractivity contribution >= 4 is 11.8 Å². The molecule has 5 heteroatoms. The first-order valence-corrected chi connectivity index (χ1v) is 8.83. The van der Waals surface area contributed by atoms with Crippen LogP contribution in [0.2, 0.25) is 0 Å². The molecule has 0 aromatic carbocycles. The van der Waals surface area contributed by atoms with Gasteiger partial charge in [-0.3, -0.25) is 9.59 Å². The molecule has 1 rings (SSSR count). The predicted octanol–water partition coefficient (Wildman–Crippen LogP) is 1.78. The Kier molecular flexibility index (Phi) is 9.13. The third-order valence-electron chi connectivity index (χ3n) is 4.44. The van der Waals surface area contributed by atoms with Crippen LogP contribution in [0.15, 0.2) is 0 Å². The number of nitrogens with zero attached hydrogens (tertiary/aromatic N) is 1. The van der Waals surface area contributed by atoms with Crippen molar-refractivity contribution in [2.45, 2.75) is 52.9 Å². The topological polar surface area (TPSA) is 61.4 Å². The van der Waals surface area contributed by atoms with Crippen LogP contribution < -0.4 is 10.6 Å². The number of amides is 2. The number of piperidine rings is 1. The Morgan fingerprint density at radius 1 is 1.23 bits per heavy atom. The van der Waals surface area contributed by atoms with Crippen LogP contribution in [0, 0.1) is 11.8 Å². The molecule has 2 amide bonds. The number of hydrogen-bond donors (Lipinski definition) is 2. The molecule has 1 heterocycles. The summed E-state index contributed by atoms with van der Waals surface area (Å²) in [5.74, 6) is 1.10. The highest BCUT2D eigenvalue weighted by molar-refractivity contribution is 5.84. The maximum Gasteiger partial charge on any atom is 0.239 e. The zero-order valence-electron chi connectivity index (χ0n) is 14.5. The van der Waals surface area contributed by atoms with E-state index in [-0.39, 0.29) is 18.4 Å². The molecule has 128 valence electrons. The van der Waals surface area contributed by atoms with E-state index in [1.165, 1.54) is 0 Å². The van der Waals surface area contributed by atoms with Crippen LogP contribution in [0.1, 0.15) is 52.9 Å². The summed E-state index contributed by atoms with van der Waals surface area (Å²) >= 11 is 0. The van der Waals surface area contributed by atoms with Crippen molar-refractivity contribution in [2.24, 2.45) is 11.8 Å². The summed E-state index contributed by atoms with van der Waals surface area (Å²) in [6, 6.07) is 0. The van der Waals surface area contributed by atoms with Gasteiger partial charge in [0.05, 0.1) is 6.54 Å². The van der Waals surface area contributed by atoms with Gasteiger partial charge in [-0.05, 0) is 50.6 Å². The summed E-state index contributed by atoms with van der Waals surface area (Å²) in [7, 11) is 0. The Hall–Kier alpha value is -1.10. The number of hydrogen-bond acceptors (Lipinski definition) is 3. The molecule has 0 aromatic heterocycles. The molecular weight excluding hydrogens is 278 g/mol. The molecule has 0 aromatic rings. The summed E-state index contributed by atoms with van der Waals surface area (Å²) in [4.78, 5) is 26.1. The Balaban J connectivity index is 2.47. The summed E-state index contributed by atoms with van der Waals surface area (Å²) in [5, 5.41) is 6.22. The van der Waals surface area contributed by atoms with Gasteiger partial charge in [-0.1, -0.05) is 20.8 Å². The van der Waals surface area contributed by atoms with E-state index in [9.17, 15) is 9.59 Å². The van der Waals surface area contributed by atoms with Crippen LogP contribution in [0.4, 0.5) is 0 Å². The lowest BCUT2D eigenvalue weighted by Gasteiger charge is -2.30. The maximum absolute atomic E-state index is 12.5. The third-order valence-corrected chi connectivity index (χ3v) is 4.44. The van der Waals surface area contributed by atoms with Gasteiger partial charge in [0.25, 0.3) is 0 Å². The zero-order valence-corrected chi connectivity index (χ0v) is 14.5. The van der Waals surface area contributed by atoms with Gasteiger partial charge in [0, 0.05) is 19.5 Å². The van der Waals surface area contributed by atoms with Gasteiger partial charge in [-0.2, -0.15) is 0 Å². The largest absolute Gasteiger partial charge is 0.355 e. The van der Waals surface area contributed by atoms with Crippen molar-refractivity contribution in [2.75, 3.05) is 32.7 Å². The summed E-state index contributed by atoms with van der Waals surface area (Å²) in [6.07, 6.45) is 4.67. The minimum absolute atomic E-state index is 0.0434. The van der Waals surface area contributed by atoms with E-state index in [2.05, 4.69) is 17.6 Å². The number of carbonyl (C=O) groups is 2. The molecule has 5 nitrogen and oxygen atoms in total. The second-order valence-corrected chi connectivity index (χ2v) is 6.43. The SMILES string of the molecule is CCCNC(=O)CN(CCC)C(=O)CC(C)C1CCNCC1. The van der Waals surface area contributed by atoms with E-state index >= 15 is 0 Å². The number of nitrogens with one attached hydrogen (secondary N) is 2. The third kappa shape index (κ3) is 6.77. The van der Waals surface area contributed by atoms with Gasteiger partial charge in [-0.15, -0.1) is 0 Å². The fraction of sp³-hybridized carbons (Fsp3) is 0.882. The van der Waals surface area contributed by atoms with Crippen LogP contribution in [-0.2, 0) is 9.59 Å². The van der Waals surface area contributed by atoms with Crippen molar-refractivity contribution in [3.8, 4) is 0 Å². The van der Waals surface area contributed by atoms with Crippen molar-refractivity contribution in [3.63, 3.8) is 0 Å². The minimum Gasteiger partial charge on any atom is -0.355 e. The first-order valence-electron chi connectivity index (χ1n) is 8.83. The second kappa shape index (κ2) is 10.6. The van der Waals surface area contributed by atoms with E-state index in [1.807, 2.05) is 13.8 Å². The fourth-order valence-corrected chi connectivity index (χ4v) is 3.04. The molecule has 22 heavy (non-hydrogen) atoms. The highest BCUT2D eigenvalue weighted by atomic mass is 16.2. The van der Waals surface area contributed by atoms with Crippen LogP contribution in [0.5, 0.6) is 0 Å². The Morgan fingerprint density at radius 2 is 1.91 bits per heavy atom. The summed E-state index contributed by atoms with van der Waals surface area (Å²) in [6.45, 7) is 9.90. The Bertz CT molecular complexity index is 341. The standard InChI is InChI=1S/C17H33N3O2/c1-4-8-19-16(21)13-20(11-5-2)17(22)12-14(3)15-6-9-18-10-7-15/h14-15,18H,4-13H2,1-3H3,(H,19,21). The highest BCUT2D eigenvalue weighted by Gasteiger charge is 2.24. The van der Waals surface area contributed by atoms with Crippen molar-refractivity contribution in [3.05, 3.63) is 0 Å². The molecule has 1 aliphatic heterocycles. The van der Waals surface area contributed by atoms with Crippen LogP contribution in [0.25, 0.3) is 0 Å². The smallest absolute Gasteiger partial charge is 0.239 e. The van der Waals surface area contributed by atoms with E-state index in [0.29, 0.717) is 31.3 Å². The van der Waals surface area contributed by atoms with Gasteiger partial charge in [-0.25, -0.2) is 0 Å². The molecule has 1 saturated heterocycles. The molecule has 0 bridgehead atoms. The molecule has 0 spiro atoms. The average Bonchev–Trinajstić information content (AvgIpc) is 2.53. The predicted molar refractivity (Wildman–Crippen MR) is 89.5 cm³/mol. The molecular formula is C17H33N3O2.